The number of carboxylic acid groups (broad SMARTS) is 1. The minimum absolute atomic E-state index is 0.196. The van der Waals surface area contributed by atoms with Gasteiger partial charge in [-0.2, -0.15) is 0 Å². The maximum Gasteiger partial charge on any atom is 0.303 e. The van der Waals surface area contributed by atoms with E-state index in [1.54, 1.807) is 0 Å². The zero-order chi connectivity index (χ0) is 11.5. The number of rotatable bonds is 5. The standard InChI is InChI=1S/C12H13BrO2S/c13-10-7-8(2-6-12(14)15)1-5-11(10)16-9-3-4-9/h1,5,7,9H,2-4,6H2,(H,14,15). The van der Waals surface area contributed by atoms with Gasteiger partial charge in [0.05, 0.1) is 0 Å². The number of halogens is 1. The van der Waals surface area contributed by atoms with E-state index in [0.717, 1.165) is 15.3 Å². The Morgan fingerprint density at radius 1 is 1.50 bits per heavy atom. The molecule has 0 saturated heterocycles. The Morgan fingerprint density at radius 3 is 2.81 bits per heavy atom. The van der Waals surface area contributed by atoms with Crippen LogP contribution in [0.2, 0.25) is 0 Å². The predicted molar refractivity (Wildman–Crippen MR) is 69.0 cm³/mol. The maximum absolute atomic E-state index is 10.5. The number of thioether (sulfide) groups is 1. The molecule has 0 bridgehead atoms. The Bertz CT molecular complexity index is 402. The normalized spacial score (nSPS) is 15.1. The van der Waals surface area contributed by atoms with Crippen molar-refractivity contribution < 1.29 is 9.90 Å². The molecule has 1 fully saturated rings. The fourth-order valence-corrected chi connectivity index (χ4v) is 3.17. The van der Waals surface area contributed by atoms with Crippen LogP contribution in [0.5, 0.6) is 0 Å². The lowest BCUT2D eigenvalue weighted by Crippen LogP contribution is -1.97. The van der Waals surface area contributed by atoms with Crippen LogP contribution in [0.25, 0.3) is 0 Å². The molecule has 0 aromatic heterocycles. The molecule has 16 heavy (non-hydrogen) atoms. The average Bonchev–Trinajstić information content (AvgIpc) is 3.02. The fourth-order valence-electron chi connectivity index (χ4n) is 1.41. The molecule has 2 rings (SSSR count). The molecular formula is C12H13BrO2S. The molecule has 1 N–H and O–H groups in total. The number of hydrogen-bond acceptors (Lipinski definition) is 2. The minimum Gasteiger partial charge on any atom is -0.481 e. The van der Waals surface area contributed by atoms with Gasteiger partial charge in [-0.1, -0.05) is 6.07 Å². The van der Waals surface area contributed by atoms with E-state index in [0.29, 0.717) is 6.42 Å². The van der Waals surface area contributed by atoms with Gasteiger partial charge in [0.1, 0.15) is 0 Å². The second-order valence-electron chi connectivity index (χ2n) is 3.98. The summed E-state index contributed by atoms with van der Waals surface area (Å²) < 4.78 is 1.09. The van der Waals surface area contributed by atoms with Gasteiger partial charge in [0, 0.05) is 21.0 Å². The van der Waals surface area contributed by atoms with Crippen LogP contribution in [0.15, 0.2) is 27.6 Å². The van der Waals surface area contributed by atoms with Crippen molar-refractivity contribution in [1.29, 1.82) is 0 Å². The number of carboxylic acids is 1. The van der Waals surface area contributed by atoms with E-state index in [2.05, 4.69) is 22.0 Å². The Labute approximate surface area is 108 Å². The van der Waals surface area contributed by atoms with Crippen molar-refractivity contribution in [2.75, 3.05) is 0 Å². The van der Waals surface area contributed by atoms with E-state index in [4.69, 9.17) is 5.11 Å². The van der Waals surface area contributed by atoms with Gasteiger partial charge >= 0.3 is 5.97 Å². The summed E-state index contributed by atoms with van der Waals surface area (Å²) in [6, 6.07) is 6.15. The Morgan fingerprint density at radius 2 is 2.25 bits per heavy atom. The van der Waals surface area contributed by atoms with Gasteiger partial charge in [-0.25, -0.2) is 0 Å². The van der Waals surface area contributed by atoms with Gasteiger partial charge in [0.15, 0.2) is 0 Å². The summed E-state index contributed by atoms with van der Waals surface area (Å²) in [7, 11) is 0. The van der Waals surface area contributed by atoms with Crippen LogP contribution in [0, 0.1) is 0 Å². The van der Waals surface area contributed by atoms with E-state index in [-0.39, 0.29) is 6.42 Å². The molecule has 1 aromatic carbocycles. The molecule has 0 amide bonds. The predicted octanol–water partition coefficient (Wildman–Crippen LogP) is 3.72. The molecule has 4 heteroatoms. The first kappa shape index (κ1) is 12.0. The summed E-state index contributed by atoms with van der Waals surface area (Å²) in [6.07, 6.45) is 3.43. The SMILES string of the molecule is O=C(O)CCc1ccc(SC2CC2)c(Br)c1. The summed E-state index contributed by atoms with van der Waals surface area (Å²) in [5.41, 5.74) is 1.08. The second-order valence-corrected chi connectivity index (χ2v) is 6.17. The van der Waals surface area contributed by atoms with Crippen LogP contribution in [0.1, 0.15) is 24.8 Å². The molecule has 1 aliphatic carbocycles. The van der Waals surface area contributed by atoms with Crippen molar-refractivity contribution in [2.45, 2.75) is 35.8 Å². The average molecular weight is 301 g/mol. The molecule has 86 valence electrons. The molecule has 0 unspecified atom stereocenters. The minimum atomic E-state index is -0.743. The Hall–Kier alpha value is -0.480. The molecule has 0 atom stereocenters. The van der Waals surface area contributed by atoms with Crippen molar-refractivity contribution in [3.8, 4) is 0 Å². The maximum atomic E-state index is 10.5. The van der Waals surface area contributed by atoms with Gasteiger partial charge in [-0.3, -0.25) is 4.79 Å². The van der Waals surface area contributed by atoms with Crippen molar-refractivity contribution in [3.63, 3.8) is 0 Å². The molecule has 1 saturated carbocycles. The van der Waals surface area contributed by atoms with E-state index in [1.807, 2.05) is 23.9 Å². The second kappa shape index (κ2) is 5.23. The van der Waals surface area contributed by atoms with Gasteiger partial charge in [-0.05, 0) is 52.9 Å². The highest BCUT2D eigenvalue weighted by atomic mass is 79.9. The number of hydrogen-bond donors (Lipinski definition) is 1. The lowest BCUT2D eigenvalue weighted by molar-refractivity contribution is -0.136. The monoisotopic (exact) mass is 300 g/mol. The highest BCUT2D eigenvalue weighted by Crippen LogP contribution is 2.42. The molecule has 0 aliphatic heterocycles. The summed E-state index contributed by atoms with van der Waals surface area (Å²) in [4.78, 5) is 11.7. The molecule has 0 radical (unpaired) electrons. The molecule has 1 aliphatic rings. The number of aryl methyl sites for hydroxylation is 1. The Balaban J connectivity index is 2.00. The molecular weight excluding hydrogens is 288 g/mol. The third-order valence-electron chi connectivity index (χ3n) is 2.44. The summed E-state index contributed by atoms with van der Waals surface area (Å²) in [5.74, 6) is -0.743. The molecule has 2 nitrogen and oxygen atoms in total. The first-order valence-corrected chi connectivity index (χ1v) is 6.99. The summed E-state index contributed by atoms with van der Waals surface area (Å²) in [5, 5.41) is 9.40. The van der Waals surface area contributed by atoms with Gasteiger partial charge in [-0.15, -0.1) is 11.8 Å². The molecule has 1 aromatic rings. The number of aliphatic carboxylic acids is 1. The smallest absolute Gasteiger partial charge is 0.303 e. The lowest BCUT2D eigenvalue weighted by Gasteiger charge is -2.05. The molecule has 0 spiro atoms. The third kappa shape index (κ3) is 3.52. The third-order valence-corrected chi connectivity index (χ3v) is 4.78. The lowest BCUT2D eigenvalue weighted by atomic mass is 10.1. The van der Waals surface area contributed by atoms with Gasteiger partial charge in [0.25, 0.3) is 0 Å². The van der Waals surface area contributed by atoms with Gasteiger partial charge < -0.3 is 5.11 Å². The van der Waals surface area contributed by atoms with Crippen LogP contribution in [0.3, 0.4) is 0 Å². The van der Waals surface area contributed by atoms with E-state index < -0.39 is 5.97 Å². The highest BCUT2D eigenvalue weighted by Gasteiger charge is 2.23. The highest BCUT2D eigenvalue weighted by molar-refractivity contribution is 9.10. The van der Waals surface area contributed by atoms with Crippen molar-refractivity contribution in [1.82, 2.24) is 0 Å². The van der Waals surface area contributed by atoms with Crippen molar-refractivity contribution in [2.24, 2.45) is 0 Å². The fraction of sp³-hybridized carbons (Fsp3) is 0.417. The van der Waals surface area contributed by atoms with E-state index in [1.165, 1.54) is 17.7 Å². The quantitative estimate of drug-likeness (QED) is 0.900. The van der Waals surface area contributed by atoms with Crippen LogP contribution < -0.4 is 0 Å². The van der Waals surface area contributed by atoms with Gasteiger partial charge in [0.2, 0.25) is 0 Å². The van der Waals surface area contributed by atoms with Crippen molar-refractivity contribution >= 4 is 33.7 Å². The Kier molecular flexibility index (Phi) is 3.92. The summed E-state index contributed by atoms with van der Waals surface area (Å²) >= 11 is 5.45. The van der Waals surface area contributed by atoms with Crippen LogP contribution in [0.4, 0.5) is 0 Å². The van der Waals surface area contributed by atoms with Crippen molar-refractivity contribution in [3.05, 3.63) is 28.2 Å². The first-order chi connectivity index (χ1) is 7.65. The largest absolute Gasteiger partial charge is 0.481 e. The van der Waals surface area contributed by atoms with E-state index in [9.17, 15) is 4.79 Å². The van der Waals surface area contributed by atoms with Crippen LogP contribution in [-0.4, -0.2) is 16.3 Å². The number of carbonyl (C=O) groups is 1. The molecule has 0 heterocycles. The first-order valence-electron chi connectivity index (χ1n) is 5.32. The van der Waals surface area contributed by atoms with Crippen LogP contribution >= 0.6 is 27.7 Å². The van der Waals surface area contributed by atoms with Crippen LogP contribution in [-0.2, 0) is 11.2 Å². The topological polar surface area (TPSA) is 37.3 Å². The zero-order valence-corrected chi connectivity index (χ0v) is 11.2. The number of benzene rings is 1. The van der Waals surface area contributed by atoms with E-state index >= 15 is 0 Å². The summed E-state index contributed by atoms with van der Waals surface area (Å²) in [6.45, 7) is 0. The zero-order valence-electron chi connectivity index (χ0n) is 8.78.